The SMILES string of the molecule is COC(=O)[C@@H]1CCC(c2ccccc2NC(=O)OC(C)(C)C)=N1. The van der Waals surface area contributed by atoms with E-state index in [2.05, 4.69) is 10.3 Å². The third-order valence-electron chi connectivity index (χ3n) is 3.31. The molecule has 0 saturated carbocycles. The van der Waals surface area contributed by atoms with Crippen molar-refractivity contribution in [2.45, 2.75) is 45.3 Å². The van der Waals surface area contributed by atoms with Crippen LogP contribution in [0.15, 0.2) is 29.3 Å². The molecule has 1 amide bonds. The van der Waals surface area contributed by atoms with Crippen molar-refractivity contribution >= 4 is 23.5 Å². The molecule has 6 heteroatoms. The predicted octanol–water partition coefficient (Wildman–Crippen LogP) is 3.16. The number of nitrogens with one attached hydrogen (secondary N) is 1. The molecule has 1 aliphatic rings. The van der Waals surface area contributed by atoms with Crippen LogP contribution in [0.2, 0.25) is 0 Å². The maximum Gasteiger partial charge on any atom is 0.412 e. The lowest BCUT2D eigenvalue weighted by atomic mass is 10.0. The van der Waals surface area contributed by atoms with Gasteiger partial charge in [-0.25, -0.2) is 9.59 Å². The minimum absolute atomic E-state index is 0.336. The average molecular weight is 318 g/mol. The van der Waals surface area contributed by atoms with Crippen LogP contribution in [0.4, 0.5) is 10.5 Å². The molecule has 0 radical (unpaired) electrons. The number of methoxy groups -OCH3 is 1. The Morgan fingerprint density at radius 3 is 2.61 bits per heavy atom. The van der Waals surface area contributed by atoms with Crippen LogP contribution in [-0.4, -0.2) is 36.5 Å². The Balaban J connectivity index is 2.18. The fourth-order valence-corrected chi connectivity index (χ4v) is 2.36. The van der Waals surface area contributed by atoms with Crippen LogP contribution >= 0.6 is 0 Å². The Morgan fingerprint density at radius 1 is 1.26 bits per heavy atom. The summed E-state index contributed by atoms with van der Waals surface area (Å²) < 4.78 is 10.0. The van der Waals surface area contributed by atoms with Gasteiger partial charge in [0.1, 0.15) is 11.6 Å². The molecule has 124 valence electrons. The maximum absolute atomic E-state index is 12.0. The van der Waals surface area contributed by atoms with Crippen LogP contribution in [0, 0.1) is 0 Å². The molecule has 0 fully saturated rings. The van der Waals surface area contributed by atoms with E-state index in [1.807, 2.05) is 18.2 Å². The zero-order valence-electron chi connectivity index (χ0n) is 13.9. The molecule has 1 aromatic rings. The Morgan fingerprint density at radius 2 is 1.96 bits per heavy atom. The Kier molecular flexibility index (Phi) is 5.03. The van der Waals surface area contributed by atoms with Crippen molar-refractivity contribution in [3.8, 4) is 0 Å². The number of para-hydroxylation sites is 1. The molecule has 0 aromatic heterocycles. The largest absolute Gasteiger partial charge is 0.467 e. The number of hydrogen-bond acceptors (Lipinski definition) is 5. The van der Waals surface area contributed by atoms with Gasteiger partial charge < -0.3 is 9.47 Å². The molecule has 0 bridgehead atoms. The monoisotopic (exact) mass is 318 g/mol. The number of anilines is 1. The van der Waals surface area contributed by atoms with Crippen molar-refractivity contribution in [3.63, 3.8) is 0 Å². The van der Waals surface area contributed by atoms with E-state index in [0.29, 0.717) is 18.5 Å². The van der Waals surface area contributed by atoms with Crippen molar-refractivity contribution < 1.29 is 19.1 Å². The molecule has 0 saturated heterocycles. The van der Waals surface area contributed by atoms with E-state index >= 15 is 0 Å². The van der Waals surface area contributed by atoms with Crippen LogP contribution < -0.4 is 5.32 Å². The van der Waals surface area contributed by atoms with Crippen LogP contribution in [0.1, 0.15) is 39.2 Å². The van der Waals surface area contributed by atoms with Gasteiger partial charge in [0.05, 0.1) is 12.8 Å². The Bertz CT molecular complexity index is 632. The van der Waals surface area contributed by atoms with Gasteiger partial charge in [-0.05, 0) is 39.7 Å². The number of hydrogen-bond donors (Lipinski definition) is 1. The molecule has 2 rings (SSSR count). The van der Waals surface area contributed by atoms with Gasteiger partial charge in [0.25, 0.3) is 0 Å². The molecule has 1 aromatic carbocycles. The molecule has 1 atom stereocenters. The summed E-state index contributed by atoms with van der Waals surface area (Å²) in [5.41, 5.74) is 1.63. The number of carbonyl (C=O) groups is 2. The predicted molar refractivity (Wildman–Crippen MR) is 87.9 cm³/mol. The number of carbonyl (C=O) groups excluding carboxylic acids is 2. The molecule has 6 nitrogen and oxygen atoms in total. The second-order valence-corrected chi connectivity index (χ2v) is 6.33. The number of ether oxygens (including phenoxy) is 2. The summed E-state index contributed by atoms with van der Waals surface area (Å²) in [6.07, 6.45) is 0.753. The minimum atomic E-state index is -0.570. The van der Waals surface area contributed by atoms with Gasteiger partial charge in [-0.15, -0.1) is 0 Å². The maximum atomic E-state index is 12.0. The molecule has 1 aliphatic heterocycles. The topological polar surface area (TPSA) is 77.0 Å². The summed E-state index contributed by atoms with van der Waals surface area (Å²) in [7, 11) is 1.36. The van der Waals surface area contributed by atoms with Gasteiger partial charge in [0, 0.05) is 11.3 Å². The smallest absolute Gasteiger partial charge is 0.412 e. The lowest BCUT2D eigenvalue weighted by Gasteiger charge is -2.20. The van der Waals surface area contributed by atoms with Crippen LogP contribution in [0.3, 0.4) is 0 Å². The number of amides is 1. The van der Waals surface area contributed by atoms with Crippen molar-refractivity contribution in [3.05, 3.63) is 29.8 Å². The first-order valence-electron chi connectivity index (χ1n) is 7.54. The first-order valence-corrected chi connectivity index (χ1v) is 7.54. The van der Waals surface area contributed by atoms with Crippen molar-refractivity contribution in [1.29, 1.82) is 0 Å². The van der Waals surface area contributed by atoms with Gasteiger partial charge in [-0.2, -0.15) is 0 Å². The minimum Gasteiger partial charge on any atom is -0.467 e. The summed E-state index contributed by atoms with van der Waals surface area (Å²) in [6, 6.07) is 6.87. The summed E-state index contributed by atoms with van der Waals surface area (Å²) in [5.74, 6) is -0.336. The lowest BCUT2D eigenvalue weighted by Crippen LogP contribution is -2.27. The third kappa shape index (κ3) is 4.55. The van der Waals surface area contributed by atoms with E-state index in [9.17, 15) is 9.59 Å². The number of rotatable bonds is 3. The van der Waals surface area contributed by atoms with E-state index in [-0.39, 0.29) is 5.97 Å². The van der Waals surface area contributed by atoms with Gasteiger partial charge >= 0.3 is 12.1 Å². The highest BCUT2D eigenvalue weighted by atomic mass is 16.6. The second-order valence-electron chi connectivity index (χ2n) is 6.33. The molecule has 1 heterocycles. The third-order valence-corrected chi connectivity index (χ3v) is 3.31. The molecule has 0 spiro atoms. The summed E-state index contributed by atoms with van der Waals surface area (Å²) in [5, 5.41) is 2.74. The van der Waals surface area contributed by atoms with Crippen molar-refractivity contribution in [1.82, 2.24) is 0 Å². The highest BCUT2D eigenvalue weighted by molar-refractivity contribution is 6.09. The highest BCUT2D eigenvalue weighted by Crippen LogP contribution is 2.25. The van der Waals surface area contributed by atoms with Gasteiger partial charge in [-0.1, -0.05) is 18.2 Å². The van der Waals surface area contributed by atoms with E-state index in [1.165, 1.54) is 7.11 Å². The fraction of sp³-hybridized carbons (Fsp3) is 0.471. The quantitative estimate of drug-likeness (QED) is 0.868. The first-order chi connectivity index (χ1) is 10.8. The van der Waals surface area contributed by atoms with Crippen LogP contribution in [0.5, 0.6) is 0 Å². The van der Waals surface area contributed by atoms with Crippen LogP contribution in [0.25, 0.3) is 0 Å². The fourth-order valence-electron chi connectivity index (χ4n) is 2.36. The van der Waals surface area contributed by atoms with Gasteiger partial charge in [0.15, 0.2) is 0 Å². The van der Waals surface area contributed by atoms with Gasteiger partial charge in [-0.3, -0.25) is 10.3 Å². The number of benzene rings is 1. The Labute approximate surface area is 135 Å². The summed E-state index contributed by atoms with van der Waals surface area (Å²) in [6.45, 7) is 5.42. The van der Waals surface area contributed by atoms with E-state index in [0.717, 1.165) is 11.3 Å². The van der Waals surface area contributed by atoms with E-state index in [1.54, 1.807) is 26.8 Å². The number of nitrogens with zero attached hydrogens (tertiary/aromatic N) is 1. The molecule has 0 aliphatic carbocycles. The van der Waals surface area contributed by atoms with Crippen LogP contribution in [-0.2, 0) is 14.3 Å². The summed E-state index contributed by atoms with van der Waals surface area (Å²) >= 11 is 0. The zero-order chi connectivity index (χ0) is 17.0. The van der Waals surface area contributed by atoms with Crippen molar-refractivity contribution in [2.75, 3.05) is 12.4 Å². The Hall–Kier alpha value is -2.37. The first kappa shape index (κ1) is 17.0. The van der Waals surface area contributed by atoms with E-state index in [4.69, 9.17) is 9.47 Å². The number of aliphatic imine (C=N–C) groups is 1. The molecule has 1 N–H and O–H groups in total. The molecular weight excluding hydrogens is 296 g/mol. The second kappa shape index (κ2) is 6.81. The lowest BCUT2D eigenvalue weighted by molar-refractivity contribution is -0.141. The number of esters is 1. The average Bonchev–Trinajstić information content (AvgIpc) is 2.94. The van der Waals surface area contributed by atoms with Crippen molar-refractivity contribution in [2.24, 2.45) is 4.99 Å². The normalized spacial score (nSPS) is 17.4. The zero-order valence-corrected chi connectivity index (χ0v) is 13.9. The molecule has 23 heavy (non-hydrogen) atoms. The highest BCUT2D eigenvalue weighted by Gasteiger charge is 2.27. The standard InChI is InChI=1S/C17H22N2O4/c1-17(2,3)23-16(21)19-12-8-6-5-7-11(12)13-9-10-14(18-13)15(20)22-4/h5-8,14H,9-10H2,1-4H3,(H,19,21)/t14-/m0/s1. The molecule has 0 unspecified atom stereocenters. The summed E-state index contributed by atoms with van der Waals surface area (Å²) in [4.78, 5) is 28.0. The molecular formula is C17H22N2O4. The van der Waals surface area contributed by atoms with E-state index < -0.39 is 17.7 Å². The van der Waals surface area contributed by atoms with Gasteiger partial charge in [0.2, 0.25) is 0 Å².